The van der Waals surface area contributed by atoms with Crippen LogP contribution in [0.3, 0.4) is 0 Å². The first-order chi connectivity index (χ1) is 20.8. The van der Waals surface area contributed by atoms with Gasteiger partial charge in [-0.25, -0.2) is 10.2 Å². The Morgan fingerprint density at radius 3 is 2.23 bits per heavy atom. The molecule has 4 aromatic carbocycles. The molecule has 2 N–H and O–H groups in total. The van der Waals surface area contributed by atoms with E-state index in [1.807, 2.05) is 30.3 Å². The molecule has 0 atom stereocenters. The van der Waals surface area contributed by atoms with Gasteiger partial charge in [-0.05, 0) is 78.7 Å². The van der Waals surface area contributed by atoms with Gasteiger partial charge >= 0.3 is 5.97 Å². The van der Waals surface area contributed by atoms with Gasteiger partial charge in [-0.2, -0.15) is 5.10 Å². The number of nitro groups is 1. The van der Waals surface area contributed by atoms with Gasteiger partial charge in [0.2, 0.25) is 5.91 Å². The fourth-order valence-electron chi connectivity index (χ4n) is 3.69. The van der Waals surface area contributed by atoms with Crippen molar-refractivity contribution in [2.45, 2.75) is 6.92 Å². The van der Waals surface area contributed by atoms with Gasteiger partial charge in [0.05, 0.1) is 23.3 Å². The Morgan fingerprint density at radius 1 is 0.860 bits per heavy atom. The van der Waals surface area contributed by atoms with E-state index >= 15 is 0 Å². The number of nitrogens with one attached hydrogen (secondary N) is 2. The molecular formula is C32H26N4O7. The number of carbonyl (C=O) groups excluding carboxylic acids is 3. The third-order valence-corrected chi connectivity index (χ3v) is 5.81. The van der Waals surface area contributed by atoms with Gasteiger partial charge in [-0.3, -0.25) is 19.7 Å². The summed E-state index contributed by atoms with van der Waals surface area (Å²) in [6, 6.07) is 25.5. The summed E-state index contributed by atoms with van der Waals surface area (Å²) in [5.74, 6) is -1.06. The third kappa shape index (κ3) is 8.69. The number of hydrazone groups is 1. The number of nitrogens with zero attached hydrogens (tertiary/aromatic N) is 2. The zero-order valence-electron chi connectivity index (χ0n) is 22.9. The van der Waals surface area contributed by atoms with Gasteiger partial charge < -0.3 is 14.8 Å². The lowest BCUT2D eigenvalue weighted by atomic mass is 10.2. The molecule has 0 spiro atoms. The van der Waals surface area contributed by atoms with Crippen molar-refractivity contribution >= 4 is 41.4 Å². The standard InChI is InChI=1S/C32H26N4O7/c1-2-42-29-20-23(8-18-28(29)43-32(39)25-12-16-27(17-13-25)36(40)41)21-33-35-31(38)24-10-14-26(15-11-24)34-30(37)19-9-22-6-4-3-5-7-22/h3-21H,2H2,1H3,(H,34,37)(H,35,38)/b19-9+,33-21-. The van der Waals surface area contributed by atoms with Gasteiger partial charge in [-0.15, -0.1) is 0 Å². The molecule has 0 fully saturated rings. The highest BCUT2D eigenvalue weighted by atomic mass is 16.6. The first-order valence-electron chi connectivity index (χ1n) is 13.0. The summed E-state index contributed by atoms with van der Waals surface area (Å²) in [5.41, 5.74) is 4.75. The predicted molar refractivity (Wildman–Crippen MR) is 161 cm³/mol. The molecule has 4 aromatic rings. The zero-order chi connectivity index (χ0) is 30.6. The van der Waals surface area contributed by atoms with Crippen LogP contribution in [0.5, 0.6) is 11.5 Å². The van der Waals surface area contributed by atoms with Crippen LogP contribution in [-0.2, 0) is 4.79 Å². The molecule has 0 aromatic heterocycles. The monoisotopic (exact) mass is 578 g/mol. The van der Waals surface area contributed by atoms with Crippen molar-refractivity contribution in [1.29, 1.82) is 0 Å². The topological polar surface area (TPSA) is 149 Å². The van der Waals surface area contributed by atoms with E-state index in [2.05, 4.69) is 15.8 Å². The number of non-ortho nitro benzene ring substituents is 1. The van der Waals surface area contributed by atoms with E-state index in [1.165, 1.54) is 42.6 Å². The molecule has 0 aliphatic heterocycles. The maximum atomic E-state index is 12.5. The first kappa shape index (κ1) is 29.9. The molecule has 11 heteroatoms. The van der Waals surface area contributed by atoms with Crippen LogP contribution < -0.4 is 20.2 Å². The third-order valence-electron chi connectivity index (χ3n) is 5.81. The van der Waals surface area contributed by atoms with Crippen molar-refractivity contribution in [1.82, 2.24) is 5.43 Å². The Bertz CT molecular complexity index is 1670. The minimum atomic E-state index is -0.709. The molecule has 0 radical (unpaired) electrons. The highest BCUT2D eigenvalue weighted by Crippen LogP contribution is 2.29. The second-order valence-electron chi connectivity index (χ2n) is 8.84. The molecule has 4 rings (SSSR count). The second-order valence-corrected chi connectivity index (χ2v) is 8.84. The van der Waals surface area contributed by atoms with Crippen molar-refractivity contribution < 1.29 is 28.8 Å². The summed E-state index contributed by atoms with van der Waals surface area (Å²) in [6.07, 6.45) is 4.53. The number of esters is 1. The minimum absolute atomic E-state index is 0.136. The van der Waals surface area contributed by atoms with Crippen LogP contribution in [0.15, 0.2) is 108 Å². The van der Waals surface area contributed by atoms with Crippen molar-refractivity contribution in [2.75, 3.05) is 11.9 Å². The van der Waals surface area contributed by atoms with Crippen LogP contribution in [0, 0.1) is 10.1 Å². The van der Waals surface area contributed by atoms with Crippen LogP contribution in [0.25, 0.3) is 6.08 Å². The van der Waals surface area contributed by atoms with E-state index < -0.39 is 16.8 Å². The van der Waals surface area contributed by atoms with Crippen molar-refractivity contribution in [3.05, 3.63) is 136 Å². The molecule has 0 saturated carbocycles. The van der Waals surface area contributed by atoms with Crippen LogP contribution in [-0.4, -0.2) is 35.5 Å². The SMILES string of the molecule is CCOc1cc(/C=N\NC(=O)c2ccc(NC(=O)/C=C/c3ccccc3)cc2)ccc1OC(=O)c1ccc([N+](=O)[O-])cc1. The van der Waals surface area contributed by atoms with Gasteiger partial charge in [0.1, 0.15) is 0 Å². The number of nitro benzene ring substituents is 1. The van der Waals surface area contributed by atoms with Gasteiger partial charge in [0, 0.05) is 29.5 Å². The van der Waals surface area contributed by atoms with E-state index in [0.29, 0.717) is 23.4 Å². The quantitative estimate of drug-likeness (QED) is 0.0585. The lowest BCUT2D eigenvalue weighted by molar-refractivity contribution is -0.384. The molecule has 0 heterocycles. The van der Waals surface area contributed by atoms with E-state index in [4.69, 9.17) is 9.47 Å². The smallest absolute Gasteiger partial charge is 0.343 e. The van der Waals surface area contributed by atoms with Crippen molar-refractivity contribution in [3.8, 4) is 11.5 Å². The van der Waals surface area contributed by atoms with Crippen LogP contribution in [0.2, 0.25) is 0 Å². The largest absolute Gasteiger partial charge is 0.490 e. The highest BCUT2D eigenvalue weighted by Gasteiger charge is 2.15. The summed E-state index contributed by atoms with van der Waals surface area (Å²) in [5, 5.41) is 17.5. The van der Waals surface area contributed by atoms with Gasteiger partial charge in [-0.1, -0.05) is 30.3 Å². The molecule has 0 saturated heterocycles. The van der Waals surface area contributed by atoms with Crippen molar-refractivity contribution in [2.24, 2.45) is 5.10 Å². The maximum absolute atomic E-state index is 12.5. The van der Waals surface area contributed by atoms with Gasteiger partial charge in [0.15, 0.2) is 11.5 Å². The fourth-order valence-corrected chi connectivity index (χ4v) is 3.69. The molecule has 0 bridgehead atoms. The second kappa shape index (κ2) is 14.5. The number of hydrogen-bond acceptors (Lipinski definition) is 8. The van der Waals surface area contributed by atoms with E-state index in [0.717, 1.165) is 5.56 Å². The minimum Gasteiger partial charge on any atom is -0.490 e. The lowest BCUT2D eigenvalue weighted by Gasteiger charge is -2.11. The summed E-state index contributed by atoms with van der Waals surface area (Å²) in [7, 11) is 0. The summed E-state index contributed by atoms with van der Waals surface area (Å²) >= 11 is 0. The number of rotatable bonds is 11. The number of amides is 2. The van der Waals surface area contributed by atoms with E-state index in [-0.39, 0.29) is 28.7 Å². The Labute approximate surface area is 246 Å². The highest BCUT2D eigenvalue weighted by molar-refractivity contribution is 6.02. The Hall–Kier alpha value is -6.10. The number of anilines is 1. The molecule has 216 valence electrons. The number of carbonyl (C=O) groups is 3. The first-order valence-corrected chi connectivity index (χ1v) is 13.0. The van der Waals surface area contributed by atoms with Crippen LogP contribution in [0.4, 0.5) is 11.4 Å². The number of hydrogen-bond donors (Lipinski definition) is 2. The normalized spacial score (nSPS) is 10.8. The molecule has 2 amide bonds. The average Bonchev–Trinajstić information content (AvgIpc) is 3.02. The fraction of sp³-hybridized carbons (Fsp3) is 0.0625. The molecule has 0 aliphatic rings. The zero-order valence-corrected chi connectivity index (χ0v) is 22.9. The molecule has 43 heavy (non-hydrogen) atoms. The van der Waals surface area contributed by atoms with E-state index in [9.17, 15) is 24.5 Å². The average molecular weight is 579 g/mol. The summed E-state index contributed by atoms with van der Waals surface area (Å²) < 4.78 is 11.0. The van der Waals surface area contributed by atoms with Crippen LogP contribution in [0.1, 0.15) is 38.8 Å². The summed E-state index contributed by atoms with van der Waals surface area (Å²) in [4.78, 5) is 47.5. The number of benzene rings is 4. The predicted octanol–water partition coefficient (Wildman–Crippen LogP) is 5.63. The Kier molecular flexibility index (Phi) is 10.1. The Balaban J connectivity index is 1.33. The summed E-state index contributed by atoms with van der Waals surface area (Å²) in [6.45, 7) is 2.06. The molecule has 0 unspecified atom stereocenters. The maximum Gasteiger partial charge on any atom is 0.343 e. The molecule has 11 nitrogen and oxygen atoms in total. The van der Waals surface area contributed by atoms with Gasteiger partial charge in [0.25, 0.3) is 11.6 Å². The van der Waals surface area contributed by atoms with E-state index in [1.54, 1.807) is 49.4 Å². The lowest BCUT2D eigenvalue weighted by Crippen LogP contribution is -2.17. The Morgan fingerprint density at radius 2 is 1.56 bits per heavy atom. The number of ether oxygens (including phenoxy) is 2. The molecule has 0 aliphatic carbocycles. The van der Waals surface area contributed by atoms with Crippen LogP contribution >= 0.6 is 0 Å². The molecular weight excluding hydrogens is 552 g/mol. The van der Waals surface area contributed by atoms with Crippen molar-refractivity contribution in [3.63, 3.8) is 0 Å².